The van der Waals surface area contributed by atoms with Gasteiger partial charge in [0.1, 0.15) is 6.33 Å². The van der Waals surface area contributed by atoms with Crippen molar-refractivity contribution >= 4 is 0 Å². The van der Waals surface area contributed by atoms with Crippen LogP contribution in [0, 0.1) is 5.92 Å². The lowest BCUT2D eigenvalue weighted by atomic mass is 10.2. The summed E-state index contributed by atoms with van der Waals surface area (Å²) in [6, 6.07) is 0. The van der Waals surface area contributed by atoms with E-state index in [4.69, 9.17) is 0 Å². The molecule has 1 aromatic heterocycles. The van der Waals surface area contributed by atoms with Crippen molar-refractivity contribution in [2.24, 2.45) is 5.92 Å². The van der Waals surface area contributed by atoms with Crippen LogP contribution in [0.1, 0.15) is 19.5 Å². The molecule has 1 N–H and O–H groups in total. The molecule has 0 radical (unpaired) electrons. The van der Waals surface area contributed by atoms with E-state index in [0.717, 1.165) is 39.3 Å². The van der Waals surface area contributed by atoms with Gasteiger partial charge >= 0.3 is 0 Å². The minimum absolute atomic E-state index is 0.685. The monoisotopic (exact) mass is 251 g/mol. The Labute approximate surface area is 110 Å². The lowest BCUT2D eigenvalue weighted by Crippen LogP contribution is -2.50. The van der Waals surface area contributed by atoms with Gasteiger partial charge in [-0.25, -0.2) is 9.66 Å². The third-order valence-electron chi connectivity index (χ3n) is 3.34. The van der Waals surface area contributed by atoms with Gasteiger partial charge in [-0.05, 0) is 19.5 Å². The topological polar surface area (TPSA) is 36.3 Å². The van der Waals surface area contributed by atoms with E-state index in [-0.39, 0.29) is 0 Å². The molecule has 2 rings (SSSR count). The number of imidazole rings is 1. The highest BCUT2D eigenvalue weighted by molar-refractivity contribution is 5.05. The summed E-state index contributed by atoms with van der Waals surface area (Å²) < 4.78 is 2.21. The molecule has 18 heavy (non-hydrogen) atoms. The Morgan fingerprint density at radius 3 is 2.67 bits per heavy atom. The van der Waals surface area contributed by atoms with Crippen LogP contribution in [-0.2, 0) is 6.54 Å². The molecule has 1 aromatic rings. The summed E-state index contributed by atoms with van der Waals surface area (Å²) in [6.07, 6.45) is 3.89. The maximum atomic E-state index is 4.28. The van der Waals surface area contributed by atoms with Gasteiger partial charge in [0.25, 0.3) is 0 Å². The van der Waals surface area contributed by atoms with Crippen molar-refractivity contribution in [3.63, 3.8) is 0 Å². The summed E-state index contributed by atoms with van der Waals surface area (Å²) in [6.45, 7) is 10.8. The molecule has 0 aliphatic carbocycles. The minimum Gasteiger partial charge on any atom is -0.311 e. The highest BCUT2D eigenvalue weighted by atomic mass is 15.6. The fraction of sp³-hybridized carbons (Fsp3) is 0.769. The van der Waals surface area contributed by atoms with Gasteiger partial charge in [-0.1, -0.05) is 13.8 Å². The number of rotatable bonds is 5. The molecule has 0 saturated carbocycles. The van der Waals surface area contributed by atoms with Gasteiger partial charge in [-0.2, -0.15) is 0 Å². The Morgan fingerprint density at radius 1 is 1.28 bits per heavy atom. The minimum atomic E-state index is 0.685. The molecule has 0 aromatic carbocycles. The average Bonchev–Trinajstić information content (AvgIpc) is 2.78. The lowest BCUT2D eigenvalue weighted by Gasteiger charge is -2.35. The standard InChI is InChI=1S/C13H25N5/c1-12(2)8-14-9-13-10-15-11-18(13)17-6-4-16(3)5-7-17/h10-12,14H,4-9H2,1-3H3. The third-order valence-corrected chi connectivity index (χ3v) is 3.34. The molecule has 0 bridgehead atoms. The molecule has 0 amide bonds. The predicted octanol–water partition coefficient (Wildman–Crippen LogP) is 0.512. The smallest absolute Gasteiger partial charge is 0.114 e. The van der Waals surface area contributed by atoms with Gasteiger partial charge in [0, 0.05) is 32.7 Å². The van der Waals surface area contributed by atoms with Crippen LogP contribution in [0.15, 0.2) is 12.5 Å². The van der Waals surface area contributed by atoms with E-state index >= 15 is 0 Å². The largest absolute Gasteiger partial charge is 0.311 e. The molecular formula is C13H25N5. The maximum absolute atomic E-state index is 4.28. The van der Waals surface area contributed by atoms with Crippen molar-refractivity contribution in [2.75, 3.05) is 44.8 Å². The number of hydrogen-bond acceptors (Lipinski definition) is 4. The van der Waals surface area contributed by atoms with Crippen LogP contribution < -0.4 is 10.3 Å². The summed E-state index contributed by atoms with van der Waals surface area (Å²) in [4.78, 5) is 6.65. The van der Waals surface area contributed by atoms with Gasteiger partial charge < -0.3 is 15.2 Å². The average molecular weight is 251 g/mol. The van der Waals surface area contributed by atoms with Crippen LogP contribution >= 0.6 is 0 Å². The number of nitrogens with one attached hydrogen (secondary N) is 1. The second-order valence-electron chi connectivity index (χ2n) is 5.51. The summed E-state index contributed by atoms with van der Waals surface area (Å²) >= 11 is 0. The van der Waals surface area contributed by atoms with E-state index < -0.39 is 0 Å². The second-order valence-corrected chi connectivity index (χ2v) is 5.51. The van der Waals surface area contributed by atoms with E-state index in [1.54, 1.807) is 0 Å². The summed E-state index contributed by atoms with van der Waals surface area (Å²) in [7, 11) is 2.18. The van der Waals surface area contributed by atoms with Crippen molar-refractivity contribution in [3.05, 3.63) is 18.2 Å². The van der Waals surface area contributed by atoms with E-state index in [0.29, 0.717) is 5.92 Å². The first kappa shape index (κ1) is 13.4. The molecule has 0 unspecified atom stereocenters. The van der Waals surface area contributed by atoms with Crippen molar-refractivity contribution in [2.45, 2.75) is 20.4 Å². The first-order valence-corrected chi connectivity index (χ1v) is 6.82. The zero-order valence-electron chi connectivity index (χ0n) is 11.8. The summed E-state index contributed by atoms with van der Waals surface area (Å²) in [5.74, 6) is 0.685. The fourth-order valence-electron chi connectivity index (χ4n) is 2.20. The Bertz CT molecular complexity index is 352. The molecule has 0 atom stereocenters. The van der Waals surface area contributed by atoms with Crippen LogP contribution in [0.25, 0.3) is 0 Å². The van der Waals surface area contributed by atoms with Gasteiger partial charge in [0.2, 0.25) is 0 Å². The van der Waals surface area contributed by atoms with Crippen LogP contribution in [0.3, 0.4) is 0 Å². The zero-order valence-corrected chi connectivity index (χ0v) is 11.8. The number of likely N-dealkylation sites (N-methyl/N-ethyl adjacent to an activating group) is 1. The van der Waals surface area contributed by atoms with Crippen LogP contribution in [0.2, 0.25) is 0 Å². The Balaban J connectivity index is 1.90. The van der Waals surface area contributed by atoms with Gasteiger partial charge in [-0.15, -0.1) is 0 Å². The number of nitrogens with zero attached hydrogens (tertiary/aromatic N) is 4. The quantitative estimate of drug-likeness (QED) is 0.827. The van der Waals surface area contributed by atoms with Crippen molar-refractivity contribution < 1.29 is 0 Å². The molecule has 102 valence electrons. The van der Waals surface area contributed by atoms with E-state index in [1.807, 2.05) is 12.5 Å². The first-order chi connectivity index (χ1) is 8.66. The number of aromatic nitrogens is 2. The highest BCUT2D eigenvalue weighted by Crippen LogP contribution is 2.04. The highest BCUT2D eigenvalue weighted by Gasteiger charge is 2.15. The summed E-state index contributed by atoms with van der Waals surface area (Å²) in [5, 5.41) is 5.85. The molecule has 1 saturated heterocycles. The molecule has 0 spiro atoms. The molecule has 2 heterocycles. The van der Waals surface area contributed by atoms with Crippen molar-refractivity contribution in [1.29, 1.82) is 0 Å². The van der Waals surface area contributed by atoms with Crippen LogP contribution in [0.5, 0.6) is 0 Å². The lowest BCUT2D eigenvalue weighted by molar-refractivity contribution is 0.285. The van der Waals surface area contributed by atoms with Gasteiger partial charge in [0.15, 0.2) is 0 Å². The van der Waals surface area contributed by atoms with Crippen molar-refractivity contribution in [3.8, 4) is 0 Å². The van der Waals surface area contributed by atoms with Gasteiger partial charge in [0.05, 0.1) is 11.9 Å². The van der Waals surface area contributed by atoms with Crippen molar-refractivity contribution in [1.82, 2.24) is 19.9 Å². The first-order valence-electron chi connectivity index (χ1n) is 6.82. The molecule has 1 fully saturated rings. The predicted molar refractivity (Wildman–Crippen MR) is 74.2 cm³/mol. The summed E-state index contributed by atoms with van der Waals surface area (Å²) in [5.41, 5.74) is 1.25. The molecule has 1 aliphatic heterocycles. The second kappa shape index (κ2) is 6.20. The SMILES string of the molecule is CC(C)CNCc1cncn1N1CCN(C)CC1. The normalized spacial score (nSPS) is 17.7. The van der Waals surface area contributed by atoms with E-state index in [1.165, 1.54) is 5.69 Å². The van der Waals surface area contributed by atoms with Gasteiger partial charge in [-0.3, -0.25) is 0 Å². The Hall–Kier alpha value is -1.07. The van der Waals surface area contributed by atoms with Crippen LogP contribution in [0.4, 0.5) is 0 Å². The Morgan fingerprint density at radius 2 is 2.00 bits per heavy atom. The number of piperazine rings is 1. The molecule has 5 heteroatoms. The third kappa shape index (κ3) is 3.46. The number of hydrogen-bond donors (Lipinski definition) is 1. The van der Waals surface area contributed by atoms with E-state index in [2.05, 4.69) is 45.8 Å². The van der Waals surface area contributed by atoms with Crippen LogP contribution in [-0.4, -0.2) is 54.3 Å². The maximum Gasteiger partial charge on any atom is 0.114 e. The van der Waals surface area contributed by atoms with E-state index in [9.17, 15) is 0 Å². The fourth-order valence-corrected chi connectivity index (χ4v) is 2.20. The zero-order chi connectivity index (χ0) is 13.0. The molecular weight excluding hydrogens is 226 g/mol. The molecule has 5 nitrogen and oxygen atoms in total. The Kier molecular flexibility index (Phi) is 4.60. The molecule has 1 aliphatic rings.